The van der Waals surface area contributed by atoms with Gasteiger partial charge in [0, 0.05) is 12.0 Å². The largest absolute Gasteiger partial charge is 0.294 e. The summed E-state index contributed by atoms with van der Waals surface area (Å²) in [5.41, 5.74) is 10.6. The molecule has 0 saturated carbocycles. The van der Waals surface area contributed by atoms with Gasteiger partial charge in [-0.05, 0) is 85.1 Å². The van der Waals surface area contributed by atoms with Gasteiger partial charge < -0.3 is 0 Å². The smallest absolute Gasteiger partial charge is 0.163 e. The molecule has 0 spiro atoms. The van der Waals surface area contributed by atoms with E-state index in [2.05, 4.69) is 97.5 Å². The monoisotopic (exact) mass is 454 g/mol. The molecule has 0 aromatic heterocycles. The van der Waals surface area contributed by atoms with Crippen LogP contribution in [0.15, 0.2) is 72.4 Å². The molecule has 0 amide bonds. The van der Waals surface area contributed by atoms with Crippen molar-refractivity contribution in [2.75, 3.05) is 0 Å². The summed E-state index contributed by atoms with van der Waals surface area (Å²) in [5, 5.41) is 0. The van der Waals surface area contributed by atoms with E-state index < -0.39 is 0 Å². The third kappa shape index (κ3) is 6.06. The van der Waals surface area contributed by atoms with Crippen molar-refractivity contribution < 1.29 is 4.79 Å². The van der Waals surface area contributed by atoms with Gasteiger partial charge in [0.2, 0.25) is 0 Å². The van der Waals surface area contributed by atoms with Crippen LogP contribution < -0.4 is 0 Å². The Labute approximate surface area is 207 Å². The van der Waals surface area contributed by atoms with Crippen LogP contribution >= 0.6 is 0 Å². The second-order valence-electron chi connectivity index (χ2n) is 11.5. The Hall–Kier alpha value is -2.67. The van der Waals surface area contributed by atoms with Gasteiger partial charge in [0.25, 0.3) is 0 Å². The molecule has 1 aliphatic carbocycles. The van der Waals surface area contributed by atoms with Crippen LogP contribution in [-0.2, 0) is 28.5 Å². The molecule has 0 radical (unpaired) electrons. The van der Waals surface area contributed by atoms with Crippen molar-refractivity contribution in [3.05, 3.63) is 106 Å². The molecule has 0 atom stereocenters. The fourth-order valence-electron chi connectivity index (χ4n) is 5.09. The molecule has 0 N–H and O–H groups in total. The fraction of sp³-hybridized carbons (Fsp3) is 0.424. The summed E-state index contributed by atoms with van der Waals surface area (Å²) in [4.78, 5) is 12.8. The summed E-state index contributed by atoms with van der Waals surface area (Å²) in [7, 11) is 0. The zero-order valence-corrected chi connectivity index (χ0v) is 22.3. The van der Waals surface area contributed by atoms with Crippen molar-refractivity contribution >= 4 is 5.78 Å². The third-order valence-electron chi connectivity index (χ3n) is 7.59. The average Bonchev–Trinajstić information content (AvgIpc) is 2.77. The minimum atomic E-state index is 0.148. The Morgan fingerprint density at radius 1 is 0.971 bits per heavy atom. The second kappa shape index (κ2) is 10.3. The highest BCUT2D eigenvalue weighted by atomic mass is 16.1. The van der Waals surface area contributed by atoms with Crippen molar-refractivity contribution in [1.82, 2.24) is 0 Å². The van der Waals surface area contributed by atoms with Gasteiger partial charge in [-0.3, -0.25) is 4.79 Å². The van der Waals surface area contributed by atoms with Crippen LogP contribution in [0.25, 0.3) is 0 Å². The van der Waals surface area contributed by atoms with Crippen LogP contribution in [0.3, 0.4) is 0 Å². The Kier molecular flexibility index (Phi) is 7.86. The summed E-state index contributed by atoms with van der Waals surface area (Å²) in [5.74, 6) is 0.148. The lowest BCUT2D eigenvalue weighted by Gasteiger charge is -2.42. The zero-order chi connectivity index (χ0) is 25.1. The lowest BCUT2D eigenvalue weighted by Crippen LogP contribution is -2.34. The molecule has 180 valence electrons. The molecule has 0 aliphatic heterocycles. The summed E-state index contributed by atoms with van der Waals surface area (Å²) >= 11 is 0. The number of rotatable bonds is 8. The number of carbonyl (C=O) groups is 1. The number of benzene rings is 2. The normalized spacial score (nSPS) is 17.3. The van der Waals surface area contributed by atoms with Crippen LogP contribution in [0.4, 0.5) is 0 Å². The first-order chi connectivity index (χ1) is 15.9. The molecule has 0 heterocycles. The number of ketones is 1. The fourth-order valence-corrected chi connectivity index (χ4v) is 5.09. The van der Waals surface area contributed by atoms with Crippen LogP contribution in [0.5, 0.6) is 0 Å². The number of allylic oxidation sites excluding steroid dienone is 5. The summed E-state index contributed by atoms with van der Waals surface area (Å²) in [6.45, 7) is 19.9. The summed E-state index contributed by atoms with van der Waals surface area (Å²) in [6.07, 6.45) is 10.3. The van der Waals surface area contributed by atoms with Crippen molar-refractivity contribution in [1.29, 1.82) is 0 Å². The summed E-state index contributed by atoms with van der Waals surface area (Å²) < 4.78 is 0. The number of hydrogen-bond donors (Lipinski definition) is 0. The predicted octanol–water partition coefficient (Wildman–Crippen LogP) is 8.46. The highest BCUT2D eigenvalue weighted by Crippen LogP contribution is 2.46. The number of carbonyl (C=O) groups excluding carboxylic acids is 1. The van der Waals surface area contributed by atoms with Crippen LogP contribution in [0, 0.1) is 13.8 Å². The molecular formula is C33H42O. The lowest BCUT2D eigenvalue weighted by molar-refractivity contribution is -0.115. The van der Waals surface area contributed by atoms with E-state index in [0.29, 0.717) is 12.0 Å². The quantitative estimate of drug-likeness (QED) is 0.289. The van der Waals surface area contributed by atoms with Gasteiger partial charge >= 0.3 is 0 Å². The highest BCUT2D eigenvalue weighted by molar-refractivity contribution is 5.98. The first-order valence-electron chi connectivity index (χ1n) is 12.7. The molecular weight excluding hydrogens is 412 g/mol. The molecule has 1 aliphatic rings. The van der Waals surface area contributed by atoms with Gasteiger partial charge in [0.15, 0.2) is 5.78 Å². The van der Waals surface area contributed by atoms with Gasteiger partial charge in [-0.15, -0.1) is 0 Å². The van der Waals surface area contributed by atoms with Crippen molar-refractivity contribution in [3.8, 4) is 0 Å². The molecule has 0 unspecified atom stereocenters. The van der Waals surface area contributed by atoms with E-state index >= 15 is 0 Å². The minimum Gasteiger partial charge on any atom is -0.294 e. The van der Waals surface area contributed by atoms with Crippen LogP contribution in [0.2, 0.25) is 0 Å². The Balaban J connectivity index is 1.75. The minimum absolute atomic E-state index is 0.148. The second-order valence-corrected chi connectivity index (χ2v) is 11.5. The van der Waals surface area contributed by atoms with Gasteiger partial charge in [-0.25, -0.2) is 0 Å². The van der Waals surface area contributed by atoms with Crippen LogP contribution in [-0.4, -0.2) is 5.78 Å². The molecule has 34 heavy (non-hydrogen) atoms. The Bertz CT molecular complexity index is 1140. The van der Waals surface area contributed by atoms with E-state index in [4.69, 9.17) is 0 Å². The SMILES string of the molecule is C=C/C(=C\C=C(/C)Cc1cc2c(cc1C)C(C)(C)CCC2(C)C)C(=O)CCc1cccc(C)c1. The highest BCUT2D eigenvalue weighted by Gasteiger charge is 2.37. The van der Waals surface area contributed by atoms with E-state index in [1.165, 1.54) is 51.8 Å². The zero-order valence-electron chi connectivity index (χ0n) is 22.3. The van der Waals surface area contributed by atoms with Gasteiger partial charge in [-0.1, -0.05) is 100 Å². The van der Waals surface area contributed by atoms with Crippen molar-refractivity contribution in [2.24, 2.45) is 0 Å². The van der Waals surface area contributed by atoms with E-state index in [0.717, 1.165) is 12.8 Å². The average molecular weight is 455 g/mol. The van der Waals surface area contributed by atoms with Crippen LogP contribution in [0.1, 0.15) is 87.3 Å². The Morgan fingerprint density at radius 2 is 1.62 bits per heavy atom. The third-order valence-corrected chi connectivity index (χ3v) is 7.59. The van der Waals surface area contributed by atoms with Gasteiger partial charge in [0.1, 0.15) is 0 Å². The first kappa shape index (κ1) is 25.9. The molecule has 2 aromatic rings. The molecule has 0 saturated heterocycles. The standard InChI is InChI=1S/C33H42O/c1-9-27(31(34)16-14-26-12-10-11-23(2)19-26)15-13-24(3)20-28-22-30-29(21-25(28)4)32(5,6)17-18-33(30,7)8/h9-13,15,19,21-22H,1,14,16-18,20H2,2-8H3/b24-13+,27-15+. The molecule has 1 heteroatoms. The number of Topliss-reactive ketones (excluding diaryl/α,β-unsaturated/α-hetero) is 1. The molecule has 2 aromatic carbocycles. The van der Waals surface area contributed by atoms with E-state index in [9.17, 15) is 4.79 Å². The maximum atomic E-state index is 12.8. The maximum absolute atomic E-state index is 12.8. The maximum Gasteiger partial charge on any atom is 0.163 e. The van der Waals surface area contributed by atoms with E-state index in [-0.39, 0.29) is 16.6 Å². The lowest BCUT2D eigenvalue weighted by atomic mass is 9.62. The van der Waals surface area contributed by atoms with Gasteiger partial charge in [0.05, 0.1) is 0 Å². The van der Waals surface area contributed by atoms with Gasteiger partial charge in [-0.2, -0.15) is 0 Å². The topological polar surface area (TPSA) is 17.1 Å². The molecule has 0 bridgehead atoms. The van der Waals surface area contributed by atoms with E-state index in [1.54, 1.807) is 6.08 Å². The van der Waals surface area contributed by atoms with Crippen molar-refractivity contribution in [2.45, 2.75) is 91.4 Å². The van der Waals surface area contributed by atoms with E-state index in [1.807, 2.05) is 6.08 Å². The molecule has 3 rings (SSSR count). The van der Waals surface area contributed by atoms with Crippen molar-refractivity contribution in [3.63, 3.8) is 0 Å². The molecule has 1 nitrogen and oxygen atoms in total. The number of fused-ring (bicyclic) bond motifs is 1. The molecule has 0 fully saturated rings. The number of hydrogen-bond acceptors (Lipinski definition) is 1. The summed E-state index contributed by atoms with van der Waals surface area (Å²) in [6, 6.07) is 13.3. The number of aryl methyl sites for hydroxylation is 3. The Morgan fingerprint density at radius 3 is 2.24 bits per heavy atom. The predicted molar refractivity (Wildman–Crippen MR) is 147 cm³/mol. The first-order valence-corrected chi connectivity index (χ1v) is 12.7.